The molecule has 0 aromatic heterocycles. The molecule has 0 bridgehead atoms. The smallest absolute Gasteiger partial charge is 0.488 e. The zero-order chi connectivity index (χ0) is 98.7. The molecule has 21 aromatic rings. The Hall–Kier alpha value is -12.4. The molecule has 0 amide bonds. The van der Waals surface area contributed by atoms with Crippen molar-refractivity contribution in [1.82, 2.24) is 0 Å². The summed E-state index contributed by atoms with van der Waals surface area (Å²) in [5.41, 5.74) is 4.71. The van der Waals surface area contributed by atoms with Crippen LogP contribution in [-0.2, 0) is 30.1 Å². The average Bonchev–Trinajstić information content (AvgIpc) is 0.777. The van der Waals surface area contributed by atoms with Crippen molar-refractivity contribution in [1.29, 1.82) is 0 Å². The van der Waals surface area contributed by atoms with Gasteiger partial charge >= 0.3 is 7.12 Å². The summed E-state index contributed by atoms with van der Waals surface area (Å²) in [4.78, 5) is 11.3. The largest absolute Gasteiger partial charge is 0.509 e. The molecule has 0 aliphatic carbocycles. The van der Waals surface area contributed by atoms with Crippen LogP contribution in [-0.4, -0.2) is 88.0 Å². The Morgan fingerprint density at radius 2 is 0.349 bits per heavy atom. The molecule has 0 atom stereocenters. The van der Waals surface area contributed by atoms with Crippen LogP contribution in [0.5, 0.6) is 46.0 Å². The SMILES string of the molecule is Brc1cc(Br)c(Oc2ccccc2)cc1Oc1ccccc1.O=[C-]OO.OB(O)c1ccccc1.[Na].[Na].[Pd].c1ccc(Oc2cc(Oc3ccccc3)c(-c3ccccc3)cc2-c2ccccc2)cc1.c1ccc(P(c2ccccc2)c2ccccc2)cc1.c1ccc(P(c2ccccc2)c2ccccc2)cc1.c1ccc(P(c2ccccc2)c2ccccc2)cc1.c1ccc(P(c2ccccc2)c2ccccc2)cc1. The molecule has 2 radical (unpaired) electrons. The first-order valence-corrected chi connectivity index (χ1v) is 53.2. The summed E-state index contributed by atoms with van der Waals surface area (Å²) < 4.78 is 26.2. The van der Waals surface area contributed by atoms with Gasteiger partial charge in [-0.05, 0) is 211 Å². The van der Waals surface area contributed by atoms with Crippen LogP contribution in [0.15, 0.2) is 610 Å². The van der Waals surface area contributed by atoms with Gasteiger partial charge in [0.15, 0.2) is 0 Å². The molecule has 19 heteroatoms. The molecule has 714 valence electrons. The van der Waals surface area contributed by atoms with Gasteiger partial charge in [0.05, 0.1) is 8.95 Å². The number of rotatable bonds is 24. The standard InChI is InChI=1S/C30H22O2.C18H12Br2O2.4C18H15P.C6H7BO2.CHO3.2Na.Pd/c1-5-13-23(14-6-1)27-21-28(24-15-7-2-8-16-24)30(32-26-19-11-4-12-20-26)22-29(27)31-25-17-9-3-10-18-25;19-15-11-16(20)18(22-14-9-5-2-6-10-14)12-17(15)21-13-7-3-1-4-8-13;4*1-4-10-16(11-5-1)19(17-12-6-2-7-13-17)18-14-8-3-9-15-18;8-7(9)6-4-2-1-3-5-6;2-1-4-3;;;/h1-22H;1-12H;4*1-15H;1-5,8-9H;3H;;;/q;;;;;;;-1;;;. The van der Waals surface area contributed by atoms with Crippen molar-refractivity contribution in [2.45, 2.75) is 0 Å². The molecule has 0 saturated carbocycles. The normalized spacial score (nSPS) is 10.1. The van der Waals surface area contributed by atoms with E-state index in [0.717, 1.165) is 72.2 Å². The molecular weight excluding hydrogens is 2120 g/mol. The maximum Gasteiger partial charge on any atom is 0.488 e. The number of halogens is 2. The summed E-state index contributed by atoms with van der Waals surface area (Å²) in [6, 6.07) is 205. The number of hydrogen-bond acceptors (Lipinski definition) is 9. The minimum absolute atomic E-state index is 0. The molecule has 0 aliphatic heterocycles. The van der Waals surface area contributed by atoms with E-state index in [4.69, 9.17) is 39.0 Å². The van der Waals surface area contributed by atoms with E-state index >= 15 is 0 Å². The van der Waals surface area contributed by atoms with Gasteiger partial charge in [0.1, 0.15) is 46.0 Å². The second-order valence-corrected chi connectivity index (χ2v) is 41.9. The number of hydrogen-bond donors (Lipinski definition) is 3. The minimum Gasteiger partial charge on any atom is -0.509 e. The maximum atomic E-state index is 8.58. The van der Waals surface area contributed by atoms with Gasteiger partial charge in [-0.2, -0.15) is 0 Å². The Kier molecular flexibility index (Phi) is 50.3. The summed E-state index contributed by atoms with van der Waals surface area (Å²) in [7, 11) is -3.13. The summed E-state index contributed by atoms with van der Waals surface area (Å²) >= 11 is 7.03. The monoisotopic (exact) mass is 2220 g/mol. The van der Waals surface area contributed by atoms with Crippen LogP contribution in [0, 0.1) is 0 Å². The molecule has 0 fully saturated rings. The van der Waals surface area contributed by atoms with Crippen LogP contribution in [0.2, 0.25) is 0 Å². The van der Waals surface area contributed by atoms with Crippen LogP contribution in [0.3, 0.4) is 0 Å². The van der Waals surface area contributed by atoms with Crippen LogP contribution in [0.25, 0.3) is 22.3 Å². The fourth-order valence-corrected chi connectivity index (χ4v) is 25.3. The number of benzene rings is 21. The van der Waals surface area contributed by atoms with E-state index in [2.05, 4.69) is 431 Å². The predicted octanol–water partition coefficient (Wildman–Crippen LogP) is 27.3. The second-order valence-electron chi connectivity index (χ2n) is 31.3. The quantitative estimate of drug-likeness (QED) is 0.0178. The van der Waals surface area contributed by atoms with Crippen molar-refractivity contribution in [3.63, 3.8) is 0 Å². The Labute approximate surface area is 937 Å². The summed E-state index contributed by atoms with van der Waals surface area (Å²) in [6.45, 7) is 0.736. The van der Waals surface area contributed by atoms with Crippen LogP contribution < -0.4 is 88.1 Å². The zero-order valence-electron chi connectivity index (χ0n) is 80.4. The molecule has 146 heavy (non-hydrogen) atoms. The van der Waals surface area contributed by atoms with Crippen LogP contribution in [0.1, 0.15) is 0 Å². The number of para-hydroxylation sites is 4. The molecule has 0 aliphatic rings. The Balaban J connectivity index is 0.000000163. The molecule has 21 rings (SSSR count). The van der Waals surface area contributed by atoms with Crippen molar-refractivity contribution in [3.05, 3.63) is 610 Å². The van der Waals surface area contributed by atoms with E-state index in [9.17, 15) is 0 Å². The van der Waals surface area contributed by atoms with Gasteiger partial charge in [0.2, 0.25) is 0 Å². The molecule has 0 spiro atoms. The van der Waals surface area contributed by atoms with E-state index in [1.54, 1.807) is 24.3 Å². The van der Waals surface area contributed by atoms with Crippen LogP contribution in [0.4, 0.5) is 0 Å². The van der Waals surface area contributed by atoms with Gasteiger partial charge in [0, 0.05) is 103 Å². The second kappa shape index (κ2) is 64.5. The average molecular weight is 2220 g/mol. The van der Waals surface area contributed by atoms with Crippen molar-refractivity contribution in [2.75, 3.05) is 0 Å². The van der Waals surface area contributed by atoms with E-state index in [-0.39, 0.29) is 79.5 Å². The van der Waals surface area contributed by atoms with Gasteiger partial charge in [-0.1, -0.05) is 528 Å². The fourth-order valence-electron chi connectivity index (χ4n) is 14.9. The third kappa shape index (κ3) is 36.3. The minimum atomic E-state index is -1.34. The third-order valence-electron chi connectivity index (χ3n) is 21.4. The van der Waals surface area contributed by atoms with E-state index in [1.807, 2.05) is 182 Å². The first kappa shape index (κ1) is 114. The van der Waals surface area contributed by atoms with E-state index in [1.165, 1.54) is 63.7 Å². The molecule has 0 unspecified atom stereocenters. The molecular formula is C127H102BBr2Na2O9P4Pd-. The first-order valence-electron chi connectivity index (χ1n) is 46.2. The summed E-state index contributed by atoms with van der Waals surface area (Å²) in [5.74, 6) is 5.99. The van der Waals surface area contributed by atoms with Gasteiger partial charge in [0.25, 0.3) is 0 Å². The Morgan fingerprint density at radius 1 is 0.205 bits per heavy atom. The van der Waals surface area contributed by atoms with Gasteiger partial charge in [-0.25, -0.2) is 5.26 Å². The molecule has 3 N–H and O–H groups in total. The molecule has 21 aromatic carbocycles. The summed E-state index contributed by atoms with van der Waals surface area (Å²) in [6.07, 6.45) is 0. The topological polar surface area (TPSA) is 124 Å². The van der Waals surface area contributed by atoms with Crippen molar-refractivity contribution in [2.24, 2.45) is 0 Å². The van der Waals surface area contributed by atoms with E-state index < -0.39 is 38.8 Å². The third-order valence-corrected chi connectivity index (χ3v) is 32.4. The number of ether oxygens (including phenoxy) is 4. The van der Waals surface area contributed by atoms with Crippen molar-refractivity contribution >= 4 is 205 Å². The van der Waals surface area contributed by atoms with E-state index in [0.29, 0.717) is 17.0 Å². The molecule has 0 saturated heterocycles. The fraction of sp³-hybridized carbons (Fsp3) is 0. The van der Waals surface area contributed by atoms with Crippen molar-refractivity contribution < 1.29 is 64.4 Å². The van der Waals surface area contributed by atoms with Crippen molar-refractivity contribution in [3.8, 4) is 68.2 Å². The number of carbonyl (C=O) groups excluding carboxylic acids is 1. The van der Waals surface area contributed by atoms with Gasteiger partial charge in [-0.3, -0.25) is 0 Å². The Bertz CT molecular complexity index is 6140. The first-order chi connectivity index (χ1) is 70.6. The Morgan fingerprint density at radius 3 is 0.507 bits per heavy atom. The predicted molar refractivity (Wildman–Crippen MR) is 623 cm³/mol. The zero-order valence-corrected chi connectivity index (χ0v) is 92.7. The maximum absolute atomic E-state index is 8.58. The molecule has 9 nitrogen and oxygen atoms in total. The van der Waals surface area contributed by atoms with Gasteiger partial charge < -0.3 is 38.7 Å². The van der Waals surface area contributed by atoms with Crippen LogP contribution >= 0.6 is 63.5 Å². The summed E-state index contributed by atoms with van der Waals surface area (Å²) in [5, 5.41) is 40.9. The van der Waals surface area contributed by atoms with Gasteiger partial charge in [-0.15, -0.1) is 0 Å². The molecule has 0 heterocycles.